The van der Waals surface area contributed by atoms with Crippen molar-refractivity contribution in [3.8, 4) is 5.69 Å². The second kappa shape index (κ2) is 8.18. The summed E-state index contributed by atoms with van der Waals surface area (Å²) >= 11 is 0. The molecule has 1 atom stereocenters. The van der Waals surface area contributed by atoms with Gasteiger partial charge in [0.15, 0.2) is 0 Å². The maximum absolute atomic E-state index is 12.4. The van der Waals surface area contributed by atoms with E-state index in [1.54, 1.807) is 10.9 Å². The van der Waals surface area contributed by atoms with Crippen molar-refractivity contribution in [2.24, 2.45) is 0 Å². The van der Waals surface area contributed by atoms with Crippen LogP contribution in [0.15, 0.2) is 73.1 Å². The van der Waals surface area contributed by atoms with E-state index in [-0.39, 0.29) is 11.9 Å². The largest absolute Gasteiger partial charge is 0.352 e. The Bertz CT molecular complexity index is 876. The molecule has 1 N–H and O–H groups in total. The predicted molar refractivity (Wildman–Crippen MR) is 106 cm³/mol. The van der Waals surface area contributed by atoms with Gasteiger partial charge in [0, 0.05) is 31.9 Å². The van der Waals surface area contributed by atoms with E-state index < -0.39 is 0 Å². The lowest BCUT2D eigenvalue weighted by Gasteiger charge is -2.16. The first kappa shape index (κ1) is 17.5. The van der Waals surface area contributed by atoms with Gasteiger partial charge in [0.25, 0.3) is 0 Å². The monoisotopic (exact) mass is 360 g/mol. The van der Waals surface area contributed by atoms with Crippen LogP contribution in [0.4, 0.5) is 0 Å². The molecule has 1 amide bonds. The lowest BCUT2D eigenvalue weighted by molar-refractivity contribution is -0.121. The van der Waals surface area contributed by atoms with E-state index in [1.807, 2.05) is 42.6 Å². The molecule has 5 nitrogen and oxygen atoms in total. The first-order valence-electron chi connectivity index (χ1n) is 9.41. The molecule has 0 aliphatic carbocycles. The van der Waals surface area contributed by atoms with Crippen LogP contribution in [0, 0.1) is 0 Å². The molecule has 1 aliphatic rings. The number of nitrogens with one attached hydrogen (secondary N) is 1. The number of hydrogen-bond donors (Lipinski definition) is 1. The van der Waals surface area contributed by atoms with Gasteiger partial charge in [-0.25, -0.2) is 4.68 Å². The average molecular weight is 360 g/mol. The molecule has 2 aromatic carbocycles. The minimum atomic E-state index is 0.0640. The molecule has 1 aliphatic heterocycles. The van der Waals surface area contributed by atoms with Crippen LogP contribution in [-0.2, 0) is 17.8 Å². The normalized spacial score (nSPS) is 17.1. The number of amides is 1. The third-order valence-electron chi connectivity index (χ3n) is 4.91. The number of carbonyl (C=O) groups excluding carboxylic acids is 1. The van der Waals surface area contributed by atoms with Crippen molar-refractivity contribution >= 4 is 5.91 Å². The summed E-state index contributed by atoms with van der Waals surface area (Å²) < 4.78 is 1.81. The molecule has 1 aromatic heterocycles. The number of hydrogen-bond acceptors (Lipinski definition) is 3. The van der Waals surface area contributed by atoms with E-state index in [1.165, 1.54) is 5.56 Å². The lowest BCUT2D eigenvalue weighted by atomic mass is 10.2. The maximum atomic E-state index is 12.4. The molecular formula is C22H24N4O. The van der Waals surface area contributed by atoms with E-state index in [0.717, 1.165) is 37.3 Å². The van der Waals surface area contributed by atoms with Crippen LogP contribution in [0.25, 0.3) is 5.69 Å². The maximum Gasteiger partial charge on any atom is 0.224 e. The van der Waals surface area contributed by atoms with Crippen molar-refractivity contribution in [3.63, 3.8) is 0 Å². The highest BCUT2D eigenvalue weighted by atomic mass is 16.1. The zero-order chi connectivity index (χ0) is 18.5. The van der Waals surface area contributed by atoms with Gasteiger partial charge in [-0.05, 0) is 29.7 Å². The van der Waals surface area contributed by atoms with Crippen molar-refractivity contribution in [1.29, 1.82) is 0 Å². The molecule has 0 bridgehead atoms. The number of para-hydroxylation sites is 1. The molecule has 138 valence electrons. The summed E-state index contributed by atoms with van der Waals surface area (Å²) in [5, 5.41) is 7.53. The van der Waals surface area contributed by atoms with Gasteiger partial charge in [0.2, 0.25) is 5.91 Å². The Morgan fingerprint density at radius 1 is 1.04 bits per heavy atom. The third kappa shape index (κ3) is 4.63. The number of carbonyl (C=O) groups is 1. The summed E-state index contributed by atoms with van der Waals surface area (Å²) in [7, 11) is 0. The Hall–Kier alpha value is -2.92. The minimum Gasteiger partial charge on any atom is -0.352 e. The van der Waals surface area contributed by atoms with E-state index >= 15 is 0 Å². The van der Waals surface area contributed by atoms with Crippen LogP contribution in [-0.4, -0.2) is 39.7 Å². The van der Waals surface area contributed by atoms with Gasteiger partial charge in [0.05, 0.1) is 18.3 Å². The van der Waals surface area contributed by atoms with Crippen molar-refractivity contribution in [1.82, 2.24) is 20.0 Å². The fourth-order valence-corrected chi connectivity index (χ4v) is 3.57. The summed E-state index contributed by atoms with van der Waals surface area (Å²) in [5.74, 6) is 0.0640. The molecule has 4 rings (SSSR count). The quantitative estimate of drug-likeness (QED) is 0.735. The SMILES string of the molecule is O=C(Cc1cnn(-c2ccccc2)c1)NC1CCN(Cc2ccccc2)C1. The van der Waals surface area contributed by atoms with Gasteiger partial charge in [-0.1, -0.05) is 48.5 Å². The van der Waals surface area contributed by atoms with Crippen molar-refractivity contribution in [2.45, 2.75) is 25.4 Å². The number of rotatable bonds is 6. The van der Waals surface area contributed by atoms with Crippen LogP contribution < -0.4 is 5.32 Å². The third-order valence-corrected chi connectivity index (χ3v) is 4.91. The van der Waals surface area contributed by atoms with E-state index in [4.69, 9.17) is 0 Å². The molecule has 5 heteroatoms. The summed E-state index contributed by atoms with van der Waals surface area (Å²) in [4.78, 5) is 14.8. The van der Waals surface area contributed by atoms with E-state index in [0.29, 0.717) is 6.42 Å². The Morgan fingerprint density at radius 2 is 1.78 bits per heavy atom. The Morgan fingerprint density at radius 3 is 2.56 bits per heavy atom. The molecule has 3 aromatic rings. The van der Waals surface area contributed by atoms with Crippen LogP contribution in [0.5, 0.6) is 0 Å². The molecule has 0 saturated carbocycles. The smallest absolute Gasteiger partial charge is 0.224 e. The second-order valence-corrected chi connectivity index (χ2v) is 7.08. The molecule has 27 heavy (non-hydrogen) atoms. The van der Waals surface area contributed by atoms with Gasteiger partial charge in [-0.2, -0.15) is 5.10 Å². The fourth-order valence-electron chi connectivity index (χ4n) is 3.57. The van der Waals surface area contributed by atoms with Crippen LogP contribution in [0.1, 0.15) is 17.5 Å². The minimum absolute atomic E-state index is 0.0640. The number of likely N-dealkylation sites (tertiary alicyclic amines) is 1. The summed E-state index contributed by atoms with van der Waals surface area (Å²) in [6, 6.07) is 20.6. The number of benzene rings is 2. The first-order chi connectivity index (χ1) is 13.3. The molecule has 1 unspecified atom stereocenters. The van der Waals surface area contributed by atoms with Crippen molar-refractivity contribution < 1.29 is 4.79 Å². The van der Waals surface area contributed by atoms with E-state index in [2.05, 4.69) is 39.6 Å². The van der Waals surface area contributed by atoms with Crippen LogP contribution in [0.3, 0.4) is 0 Å². The summed E-state index contributed by atoms with van der Waals surface area (Å²) in [6.07, 6.45) is 5.05. The van der Waals surface area contributed by atoms with Gasteiger partial charge in [-0.3, -0.25) is 9.69 Å². The topological polar surface area (TPSA) is 50.2 Å². The van der Waals surface area contributed by atoms with Crippen molar-refractivity contribution in [3.05, 3.63) is 84.2 Å². The lowest BCUT2D eigenvalue weighted by Crippen LogP contribution is -2.37. The molecule has 0 spiro atoms. The van der Waals surface area contributed by atoms with Crippen LogP contribution >= 0.6 is 0 Å². The fraction of sp³-hybridized carbons (Fsp3) is 0.273. The van der Waals surface area contributed by atoms with Gasteiger partial charge in [-0.15, -0.1) is 0 Å². The summed E-state index contributed by atoms with van der Waals surface area (Å²) in [6.45, 7) is 2.87. The molecule has 0 radical (unpaired) electrons. The Labute approximate surface area is 159 Å². The first-order valence-corrected chi connectivity index (χ1v) is 9.41. The predicted octanol–water partition coefficient (Wildman–Crippen LogP) is 2.81. The Kier molecular flexibility index (Phi) is 5.30. The summed E-state index contributed by atoms with van der Waals surface area (Å²) in [5.41, 5.74) is 3.24. The molecule has 2 heterocycles. The number of nitrogens with zero attached hydrogens (tertiary/aromatic N) is 3. The van der Waals surface area contributed by atoms with E-state index in [9.17, 15) is 4.79 Å². The van der Waals surface area contributed by atoms with Gasteiger partial charge >= 0.3 is 0 Å². The molecule has 1 saturated heterocycles. The zero-order valence-electron chi connectivity index (χ0n) is 15.3. The van der Waals surface area contributed by atoms with Crippen molar-refractivity contribution in [2.75, 3.05) is 13.1 Å². The second-order valence-electron chi connectivity index (χ2n) is 7.08. The van der Waals surface area contributed by atoms with Crippen LogP contribution in [0.2, 0.25) is 0 Å². The standard InChI is InChI=1S/C22H24N4O/c27-22(13-19-14-23-26(16-19)21-9-5-2-6-10-21)24-20-11-12-25(17-20)15-18-7-3-1-4-8-18/h1-10,14,16,20H,11-13,15,17H2,(H,24,27). The highest BCUT2D eigenvalue weighted by molar-refractivity contribution is 5.78. The van der Waals surface area contributed by atoms with Gasteiger partial charge in [0.1, 0.15) is 0 Å². The highest BCUT2D eigenvalue weighted by Gasteiger charge is 2.23. The van der Waals surface area contributed by atoms with Gasteiger partial charge < -0.3 is 5.32 Å². The molecular weight excluding hydrogens is 336 g/mol. The molecule has 1 fully saturated rings. The Balaban J connectivity index is 1.27. The highest BCUT2D eigenvalue weighted by Crippen LogP contribution is 2.14. The average Bonchev–Trinajstić information content (AvgIpc) is 3.33. The zero-order valence-corrected chi connectivity index (χ0v) is 15.3. The number of aromatic nitrogens is 2.